The number of nitrogens with one attached hydrogen (secondary N) is 1. The SMILES string of the molecule is Cn1cccc1C(CNC(=O)COc1ccc2ccccc2c1)N1CCCC1. The first-order chi connectivity index (χ1) is 13.7. The fourth-order valence-electron chi connectivity index (χ4n) is 3.96. The molecule has 1 fully saturated rings. The number of aryl methyl sites for hydroxylation is 1. The van der Waals surface area contributed by atoms with E-state index in [-0.39, 0.29) is 18.6 Å². The smallest absolute Gasteiger partial charge is 0.258 e. The standard InChI is InChI=1S/C23H27N3O2/c1-25-12-6-9-21(25)22(26-13-4-5-14-26)16-24-23(27)17-28-20-11-10-18-7-2-3-8-19(18)15-20/h2-3,6-12,15,22H,4-5,13-14,16-17H2,1H3,(H,24,27). The van der Waals surface area contributed by atoms with Gasteiger partial charge in [-0.05, 0) is 61.0 Å². The molecule has 0 saturated carbocycles. The van der Waals surface area contributed by atoms with Crippen LogP contribution in [-0.4, -0.2) is 41.6 Å². The van der Waals surface area contributed by atoms with Crippen LogP contribution in [0.2, 0.25) is 0 Å². The summed E-state index contributed by atoms with van der Waals surface area (Å²) in [5, 5.41) is 5.34. The van der Waals surface area contributed by atoms with Crippen molar-refractivity contribution in [3.63, 3.8) is 0 Å². The summed E-state index contributed by atoms with van der Waals surface area (Å²) in [6.07, 6.45) is 4.50. The Kier molecular flexibility index (Phi) is 5.63. The van der Waals surface area contributed by atoms with Crippen molar-refractivity contribution in [1.82, 2.24) is 14.8 Å². The monoisotopic (exact) mass is 377 g/mol. The lowest BCUT2D eigenvalue weighted by atomic mass is 10.1. The van der Waals surface area contributed by atoms with Crippen molar-refractivity contribution in [2.75, 3.05) is 26.2 Å². The minimum absolute atomic E-state index is 0.0260. The van der Waals surface area contributed by atoms with Crippen LogP contribution in [-0.2, 0) is 11.8 Å². The maximum absolute atomic E-state index is 12.4. The average molecular weight is 377 g/mol. The minimum atomic E-state index is -0.0911. The normalized spacial score (nSPS) is 15.6. The van der Waals surface area contributed by atoms with Crippen molar-refractivity contribution >= 4 is 16.7 Å². The largest absolute Gasteiger partial charge is 0.484 e. The quantitative estimate of drug-likeness (QED) is 0.685. The zero-order valence-electron chi connectivity index (χ0n) is 16.3. The first-order valence-corrected chi connectivity index (χ1v) is 9.94. The second-order valence-electron chi connectivity index (χ2n) is 7.40. The van der Waals surface area contributed by atoms with E-state index in [1.54, 1.807) is 0 Å². The summed E-state index contributed by atoms with van der Waals surface area (Å²) in [4.78, 5) is 14.9. The van der Waals surface area contributed by atoms with Gasteiger partial charge in [-0.15, -0.1) is 0 Å². The van der Waals surface area contributed by atoms with E-state index in [4.69, 9.17) is 4.74 Å². The van der Waals surface area contributed by atoms with E-state index >= 15 is 0 Å². The van der Waals surface area contributed by atoms with Crippen LogP contribution in [0.5, 0.6) is 5.75 Å². The summed E-state index contributed by atoms with van der Waals surface area (Å²) in [6, 6.07) is 18.4. The molecule has 1 aromatic heterocycles. The highest BCUT2D eigenvalue weighted by molar-refractivity contribution is 5.84. The van der Waals surface area contributed by atoms with Crippen molar-refractivity contribution in [1.29, 1.82) is 0 Å². The van der Waals surface area contributed by atoms with E-state index < -0.39 is 0 Å². The Morgan fingerprint density at radius 2 is 1.86 bits per heavy atom. The van der Waals surface area contributed by atoms with Crippen molar-refractivity contribution in [2.45, 2.75) is 18.9 Å². The molecule has 5 heteroatoms. The molecule has 0 spiro atoms. The third-order valence-corrected chi connectivity index (χ3v) is 5.49. The van der Waals surface area contributed by atoms with Gasteiger partial charge in [0.05, 0.1) is 6.04 Å². The molecule has 4 rings (SSSR count). The van der Waals surface area contributed by atoms with Gasteiger partial charge in [-0.1, -0.05) is 30.3 Å². The molecule has 2 heterocycles. The van der Waals surface area contributed by atoms with Crippen molar-refractivity contribution in [3.8, 4) is 5.75 Å². The fraction of sp³-hybridized carbons (Fsp3) is 0.348. The summed E-state index contributed by atoms with van der Waals surface area (Å²) in [6.45, 7) is 2.79. The van der Waals surface area contributed by atoms with E-state index in [2.05, 4.69) is 46.2 Å². The lowest BCUT2D eigenvalue weighted by molar-refractivity contribution is -0.123. The first kappa shape index (κ1) is 18.6. The number of aromatic nitrogens is 1. The van der Waals surface area contributed by atoms with E-state index in [1.807, 2.05) is 36.4 Å². The molecule has 1 N–H and O–H groups in total. The zero-order chi connectivity index (χ0) is 19.3. The van der Waals surface area contributed by atoms with E-state index in [1.165, 1.54) is 18.5 Å². The lowest BCUT2D eigenvalue weighted by Gasteiger charge is -2.28. The highest BCUT2D eigenvalue weighted by Crippen LogP contribution is 2.25. The highest BCUT2D eigenvalue weighted by atomic mass is 16.5. The second-order valence-corrected chi connectivity index (χ2v) is 7.40. The van der Waals surface area contributed by atoms with Crippen LogP contribution in [0.4, 0.5) is 0 Å². The summed E-state index contributed by atoms with van der Waals surface area (Å²) < 4.78 is 7.86. The van der Waals surface area contributed by atoms with Gasteiger partial charge in [0.25, 0.3) is 5.91 Å². The average Bonchev–Trinajstić information content (AvgIpc) is 3.39. The van der Waals surface area contributed by atoms with Crippen LogP contribution in [0, 0.1) is 0 Å². The second kappa shape index (κ2) is 8.48. The number of amides is 1. The van der Waals surface area contributed by atoms with Crippen LogP contribution in [0.3, 0.4) is 0 Å². The maximum Gasteiger partial charge on any atom is 0.258 e. The van der Waals surface area contributed by atoms with Crippen LogP contribution < -0.4 is 10.1 Å². The Balaban J connectivity index is 1.34. The van der Waals surface area contributed by atoms with Gasteiger partial charge < -0.3 is 14.6 Å². The Bertz CT molecular complexity index is 944. The Morgan fingerprint density at radius 3 is 2.61 bits per heavy atom. The van der Waals surface area contributed by atoms with Gasteiger partial charge in [0.15, 0.2) is 6.61 Å². The molecule has 0 bridgehead atoms. The predicted molar refractivity (Wildman–Crippen MR) is 111 cm³/mol. The number of nitrogens with zero attached hydrogens (tertiary/aromatic N) is 2. The molecule has 3 aromatic rings. The van der Waals surface area contributed by atoms with Crippen molar-refractivity contribution in [3.05, 3.63) is 66.5 Å². The van der Waals surface area contributed by atoms with Crippen LogP contribution >= 0.6 is 0 Å². The Labute approximate surface area is 165 Å². The van der Waals surface area contributed by atoms with Gasteiger partial charge in [-0.2, -0.15) is 0 Å². The molecule has 1 amide bonds. The number of carbonyl (C=O) groups excluding carboxylic acids is 1. The number of hydrogen-bond donors (Lipinski definition) is 1. The van der Waals surface area contributed by atoms with Crippen molar-refractivity contribution in [2.24, 2.45) is 7.05 Å². The van der Waals surface area contributed by atoms with Gasteiger partial charge in [-0.25, -0.2) is 0 Å². The number of benzene rings is 2. The Hall–Kier alpha value is -2.79. The summed E-state index contributed by atoms with van der Waals surface area (Å²) in [7, 11) is 2.06. The number of fused-ring (bicyclic) bond motifs is 1. The van der Waals surface area contributed by atoms with Gasteiger partial charge >= 0.3 is 0 Å². The third kappa shape index (κ3) is 4.20. The number of ether oxygens (including phenoxy) is 1. The highest BCUT2D eigenvalue weighted by Gasteiger charge is 2.25. The molecule has 1 aliphatic rings. The summed E-state index contributed by atoms with van der Waals surface area (Å²) in [5.41, 5.74) is 1.23. The molecule has 1 unspecified atom stereocenters. The van der Waals surface area contributed by atoms with E-state index in [0.29, 0.717) is 12.3 Å². The molecule has 28 heavy (non-hydrogen) atoms. The Morgan fingerprint density at radius 1 is 1.07 bits per heavy atom. The number of likely N-dealkylation sites (tertiary alicyclic amines) is 1. The van der Waals surface area contributed by atoms with Gasteiger partial charge in [0.1, 0.15) is 5.75 Å². The predicted octanol–water partition coefficient (Wildman–Crippen LogP) is 3.51. The van der Waals surface area contributed by atoms with Crippen LogP contribution in [0.15, 0.2) is 60.8 Å². The summed E-state index contributed by atoms with van der Waals surface area (Å²) in [5.74, 6) is 0.624. The fourth-order valence-corrected chi connectivity index (χ4v) is 3.96. The van der Waals surface area contributed by atoms with E-state index in [0.717, 1.165) is 23.9 Å². The van der Waals surface area contributed by atoms with Gasteiger partial charge in [0.2, 0.25) is 0 Å². The maximum atomic E-state index is 12.4. The third-order valence-electron chi connectivity index (χ3n) is 5.49. The molecule has 1 atom stereocenters. The molecule has 5 nitrogen and oxygen atoms in total. The van der Waals surface area contributed by atoms with Gasteiger partial charge in [0, 0.05) is 25.5 Å². The van der Waals surface area contributed by atoms with Crippen molar-refractivity contribution < 1.29 is 9.53 Å². The number of carbonyl (C=O) groups is 1. The molecule has 146 valence electrons. The molecular formula is C23H27N3O2. The zero-order valence-corrected chi connectivity index (χ0v) is 16.3. The molecule has 1 aliphatic heterocycles. The van der Waals surface area contributed by atoms with Gasteiger partial charge in [-0.3, -0.25) is 9.69 Å². The molecular weight excluding hydrogens is 350 g/mol. The number of hydrogen-bond acceptors (Lipinski definition) is 3. The molecule has 0 radical (unpaired) electrons. The lowest BCUT2D eigenvalue weighted by Crippen LogP contribution is -2.39. The molecule has 0 aliphatic carbocycles. The summed E-state index contributed by atoms with van der Waals surface area (Å²) >= 11 is 0. The van der Waals surface area contributed by atoms with E-state index in [9.17, 15) is 4.79 Å². The van der Waals surface area contributed by atoms with Crippen LogP contribution in [0.1, 0.15) is 24.6 Å². The molecule has 2 aromatic carbocycles. The molecule has 1 saturated heterocycles. The minimum Gasteiger partial charge on any atom is -0.484 e. The topological polar surface area (TPSA) is 46.5 Å². The first-order valence-electron chi connectivity index (χ1n) is 9.94. The van der Waals surface area contributed by atoms with Crippen LogP contribution in [0.25, 0.3) is 10.8 Å². The number of rotatable bonds is 7.